The van der Waals surface area contributed by atoms with Crippen molar-refractivity contribution in [1.82, 2.24) is 14.5 Å². The number of halogens is 1. The zero-order chi connectivity index (χ0) is 39.6. The number of piperazine rings is 1. The number of benzene rings is 2. The van der Waals surface area contributed by atoms with Crippen molar-refractivity contribution in [3.63, 3.8) is 0 Å². The first kappa shape index (κ1) is 41.5. The molecule has 2 aromatic carbocycles. The van der Waals surface area contributed by atoms with E-state index < -0.39 is 26.8 Å². The number of sulfonamides is 1. The summed E-state index contributed by atoms with van der Waals surface area (Å²) in [6, 6.07) is 12.1. The Bertz CT molecular complexity index is 1830. The molecule has 0 unspecified atom stereocenters. The van der Waals surface area contributed by atoms with Crippen LogP contribution < -0.4 is 14.4 Å². The molecular weight excluding hydrogens is 748 g/mol. The van der Waals surface area contributed by atoms with Crippen LogP contribution in [0.4, 0.5) is 5.69 Å². The summed E-state index contributed by atoms with van der Waals surface area (Å²) in [6.45, 7) is 19.3. The zero-order valence-electron chi connectivity index (χ0n) is 34.1. The molecule has 4 aliphatic heterocycles. The normalized spacial score (nSPS) is 31.0. The first-order valence-electron chi connectivity index (χ1n) is 21.1. The van der Waals surface area contributed by atoms with Crippen molar-refractivity contribution >= 4 is 33.2 Å². The van der Waals surface area contributed by atoms with Crippen LogP contribution in [0.2, 0.25) is 5.02 Å². The van der Waals surface area contributed by atoms with Gasteiger partial charge in [-0.25, -0.2) is 13.1 Å². The molecule has 2 aromatic rings. The number of rotatable bonds is 9. The standard InChI is InChI=1S/C44H63ClN4O6S/c1-6-8-33-21-37(45)12-13-39(33)36-24-49-23-35-10-14-40(35)44(55-25-30(2)3,29-47-17-19-48(20-18-47)38-27-53-28-38)16-7-9-31(4)32(5)56(51,52)46-43(50)34-11-15-42(54-26-36)41(49)22-34/h7,11-13,15-16,21-22,30-32,35-36,38,40H,6,8-10,14,17-20,23-29H2,1-5H3,(H,46,50)/b16-7+/t31-,32+,35-,36-,40+,44-/m0/s1. The molecule has 2 saturated heterocycles. The van der Waals surface area contributed by atoms with Crippen LogP contribution in [0.15, 0.2) is 48.6 Å². The lowest BCUT2D eigenvalue weighted by Gasteiger charge is -2.53. The van der Waals surface area contributed by atoms with Crippen LogP contribution in [0.25, 0.3) is 0 Å². The first-order chi connectivity index (χ1) is 26.9. The smallest absolute Gasteiger partial charge is 0.264 e. The van der Waals surface area contributed by atoms with Crippen LogP contribution in [0.5, 0.6) is 5.75 Å². The molecule has 0 radical (unpaired) electrons. The topological polar surface area (TPSA) is 101 Å². The fourth-order valence-corrected chi connectivity index (χ4v) is 10.8. The molecular formula is C44H63ClN4O6S. The number of amides is 1. The molecule has 1 amide bonds. The van der Waals surface area contributed by atoms with E-state index in [1.165, 1.54) is 11.1 Å². The number of anilines is 1. The number of nitrogens with one attached hydrogen (secondary N) is 1. The van der Waals surface area contributed by atoms with Gasteiger partial charge in [-0.05, 0) is 97.7 Å². The number of allylic oxidation sites excluding steroid dienone is 1. The average Bonchev–Trinajstić information content (AvgIpc) is 3.31. The van der Waals surface area contributed by atoms with E-state index in [2.05, 4.69) is 64.5 Å². The van der Waals surface area contributed by atoms with Gasteiger partial charge in [0.1, 0.15) is 11.4 Å². The summed E-state index contributed by atoms with van der Waals surface area (Å²) < 4.78 is 49.2. The van der Waals surface area contributed by atoms with E-state index in [-0.39, 0.29) is 17.8 Å². The maximum Gasteiger partial charge on any atom is 0.264 e. The van der Waals surface area contributed by atoms with E-state index in [9.17, 15) is 13.2 Å². The van der Waals surface area contributed by atoms with E-state index in [4.69, 9.17) is 25.8 Å². The molecule has 4 heterocycles. The number of carbonyl (C=O) groups is 1. The Morgan fingerprint density at radius 1 is 1.02 bits per heavy atom. The van der Waals surface area contributed by atoms with Crippen LogP contribution in [0.1, 0.15) is 87.7 Å². The monoisotopic (exact) mass is 810 g/mol. The molecule has 3 fully saturated rings. The van der Waals surface area contributed by atoms with Gasteiger partial charge in [0, 0.05) is 62.3 Å². The van der Waals surface area contributed by atoms with Crippen molar-refractivity contribution in [3.05, 3.63) is 70.3 Å². The molecule has 2 bridgehead atoms. The Balaban J connectivity index is 1.27. The Hall–Kier alpha value is -2.67. The molecule has 0 spiro atoms. The van der Waals surface area contributed by atoms with Crippen molar-refractivity contribution in [2.45, 2.75) is 89.5 Å². The van der Waals surface area contributed by atoms with Crippen LogP contribution >= 0.6 is 11.6 Å². The summed E-state index contributed by atoms with van der Waals surface area (Å²) in [4.78, 5) is 21.3. The summed E-state index contributed by atoms with van der Waals surface area (Å²) >= 11 is 6.52. The maximum atomic E-state index is 13.7. The Labute approximate surface area is 340 Å². The van der Waals surface area contributed by atoms with E-state index in [1.54, 1.807) is 13.0 Å². The van der Waals surface area contributed by atoms with Gasteiger partial charge in [-0.2, -0.15) is 0 Å². The zero-order valence-corrected chi connectivity index (χ0v) is 35.6. The van der Waals surface area contributed by atoms with E-state index in [0.29, 0.717) is 55.4 Å². The number of fused-ring (bicyclic) bond motifs is 2. The molecule has 10 nitrogen and oxygen atoms in total. The van der Waals surface area contributed by atoms with E-state index >= 15 is 0 Å². The number of carbonyl (C=O) groups excluding carboxylic acids is 1. The highest BCUT2D eigenvalue weighted by atomic mass is 35.5. The quantitative estimate of drug-likeness (QED) is 0.275. The highest BCUT2D eigenvalue weighted by Gasteiger charge is 2.49. The average molecular weight is 812 g/mol. The van der Waals surface area contributed by atoms with Crippen LogP contribution in [-0.2, 0) is 25.9 Å². The maximum absolute atomic E-state index is 13.7. The van der Waals surface area contributed by atoms with Crippen LogP contribution in [0.3, 0.4) is 0 Å². The first-order valence-corrected chi connectivity index (χ1v) is 23.0. The summed E-state index contributed by atoms with van der Waals surface area (Å²) in [5, 5.41) is -0.0518. The molecule has 1 aliphatic carbocycles. The number of hydrogen-bond donors (Lipinski definition) is 1. The van der Waals surface area contributed by atoms with Gasteiger partial charge in [0.25, 0.3) is 5.91 Å². The highest BCUT2D eigenvalue weighted by Crippen LogP contribution is 2.48. The van der Waals surface area contributed by atoms with Gasteiger partial charge in [0.05, 0.1) is 43.4 Å². The lowest BCUT2D eigenvalue weighted by atomic mass is 9.63. The summed E-state index contributed by atoms with van der Waals surface area (Å²) in [7, 11) is -3.97. The number of hydrogen-bond acceptors (Lipinski definition) is 9. The van der Waals surface area contributed by atoms with Crippen LogP contribution in [-0.4, -0.2) is 113 Å². The third-order valence-corrected chi connectivity index (χ3v) is 15.3. The molecule has 12 heteroatoms. The molecule has 0 aromatic heterocycles. The highest BCUT2D eigenvalue weighted by molar-refractivity contribution is 7.90. The minimum absolute atomic E-state index is 0.0598. The van der Waals surface area contributed by atoms with Crippen molar-refractivity contribution < 1.29 is 27.4 Å². The second kappa shape index (κ2) is 17.7. The lowest BCUT2D eigenvalue weighted by molar-refractivity contribution is -0.127. The molecule has 1 N–H and O–H groups in total. The second-order valence-corrected chi connectivity index (χ2v) is 20.1. The molecule has 5 aliphatic rings. The summed E-state index contributed by atoms with van der Waals surface area (Å²) in [5.74, 6) is 0.853. The predicted molar refractivity (Wildman–Crippen MR) is 223 cm³/mol. The Kier molecular flexibility index (Phi) is 13.1. The SMILES string of the molecule is CCCc1cc(Cl)ccc1[C@@H]1COc2ccc3cc2N(C1)C[C@@H]1CC[C@H]1[C@](CN1CCN(C2COC2)CC1)(OCC(C)C)/C=C/C[C@H](C)[C@@H](C)S(=O)(=O)NC3=O. The Morgan fingerprint density at radius 2 is 1.80 bits per heavy atom. The Morgan fingerprint density at radius 3 is 2.48 bits per heavy atom. The summed E-state index contributed by atoms with van der Waals surface area (Å²) in [5.41, 5.74) is 3.05. The second-order valence-electron chi connectivity index (χ2n) is 17.6. The van der Waals surface area contributed by atoms with Crippen molar-refractivity contribution in [3.8, 4) is 5.75 Å². The van der Waals surface area contributed by atoms with Crippen molar-refractivity contribution in [2.24, 2.45) is 23.7 Å². The van der Waals surface area contributed by atoms with E-state index in [1.807, 2.05) is 25.1 Å². The largest absolute Gasteiger partial charge is 0.491 e. The molecule has 308 valence electrons. The van der Waals surface area contributed by atoms with E-state index in [0.717, 1.165) is 88.9 Å². The fraction of sp³-hybridized carbons (Fsp3) is 0.659. The van der Waals surface area contributed by atoms with Gasteiger partial charge in [-0.15, -0.1) is 0 Å². The molecule has 1 saturated carbocycles. The lowest BCUT2D eigenvalue weighted by Crippen LogP contribution is -2.61. The van der Waals surface area contributed by atoms with Gasteiger partial charge in [0.2, 0.25) is 10.0 Å². The van der Waals surface area contributed by atoms with Crippen LogP contribution in [0, 0.1) is 23.7 Å². The third-order valence-electron chi connectivity index (χ3n) is 13.1. The number of nitrogens with zero attached hydrogens (tertiary/aromatic N) is 3. The number of aryl methyl sites for hydroxylation is 1. The van der Waals surface area contributed by atoms with Gasteiger partial charge in [0.15, 0.2) is 0 Å². The van der Waals surface area contributed by atoms with Crippen molar-refractivity contribution in [1.29, 1.82) is 0 Å². The van der Waals surface area contributed by atoms with Gasteiger partial charge in [-0.3, -0.25) is 14.6 Å². The van der Waals surface area contributed by atoms with Crippen molar-refractivity contribution in [2.75, 3.05) is 77.1 Å². The molecule has 56 heavy (non-hydrogen) atoms. The van der Waals surface area contributed by atoms with Gasteiger partial charge >= 0.3 is 0 Å². The third kappa shape index (κ3) is 9.13. The fourth-order valence-electron chi connectivity index (χ4n) is 9.32. The molecule has 6 atom stereocenters. The van der Waals surface area contributed by atoms with Gasteiger partial charge < -0.3 is 19.1 Å². The summed E-state index contributed by atoms with van der Waals surface area (Å²) in [6.07, 6.45) is 9.09. The van der Waals surface area contributed by atoms with Gasteiger partial charge in [-0.1, -0.05) is 63.9 Å². The number of ether oxygens (including phenoxy) is 3. The predicted octanol–water partition coefficient (Wildman–Crippen LogP) is 6.77. The minimum Gasteiger partial charge on any atom is -0.491 e. The minimum atomic E-state index is -3.97. The molecule has 7 rings (SSSR count).